The van der Waals surface area contributed by atoms with Crippen LogP contribution in [-0.4, -0.2) is 29.9 Å². The normalized spacial score (nSPS) is 16.0. The van der Waals surface area contributed by atoms with Crippen LogP contribution in [-0.2, 0) is 4.79 Å². The fourth-order valence-corrected chi connectivity index (χ4v) is 2.39. The van der Waals surface area contributed by atoms with Gasteiger partial charge in [-0.25, -0.2) is 4.79 Å². The van der Waals surface area contributed by atoms with Gasteiger partial charge in [-0.15, -0.1) is 0 Å². The van der Waals surface area contributed by atoms with Gasteiger partial charge in [0, 0.05) is 24.7 Å². The van der Waals surface area contributed by atoms with Gasteiger partial charge in [0.1, 0.15) is 0 Å². The summed E-state index contributed by atoms with van der Waals surface area (Å²) in [6.45, 7) is 5.20. The molecule has 0 unspecified atom stereocenters. The Labute approximate surface area is 119 Å². The molecule has 1 aromatic carbocycles. The van der Waals surface area contributed by atoms with Crippen LogP contribution in [0.4, 0.5) is 10.5 Å². The lowest BCUT2D eigenvalue weighted by Crippen LogP contribution is -2.43. The van der Waals surface area contributed by atoms with E-state index in [1.54, 1.807) is 4.90 Å². The van der Waals surface area contributed by atoms with Crippen LogP contribution in [0.15, 0.2) is 18.2 Å². The molecular weight excluding hydrogens is 254 g/mol. The van der Waals surface area contributed by atoms with Crippen molar-refractivity contribution in [2.45, 2.75) is 26.7 Å². The van der Waals surface area contributed by atoms with E-state index in [1.165, 1.54) is 5.56 Å². The molecule has 2 rings (SSSR count). The maximum absolute atomic E-state index is 12.1. The number of amides is 3. The Balaban J connectivity index is 1.92. The third-order valence-electron chi connectivity index (χ3n) is 3.94. The van der Waals surface area contributed by atoms with Crippen molar-refractivity contribution in [2.75, 3.05) is 18.4 Å². The van der Waals surface area contributed by atoms with Crippen LogP contribution in [0.3, 0.4) is 0 Å². The first-order valence-corrected chi connectivity index (χ1v) is 6.90. The smallest absolute Gasteiger partial charge is 0.321 e. The van der Waals surface area contributed by atoms with Gasteiger partial charge in [-0.2, -0.15) is 0 Å². The van der Waals surface area contributed by atoms with Gasteiger partial charge >= 0.3 is 6.03 Å². The van der Waals surface area contributed by atoms with Crippen molar-refractivity contribution in [3.05, 3.63) is 29.3 Å². The van der Waals surface area contributed by atoms with Crippen LogP contribution < -0.4 is 11.1 Å². The SMILES string of the molecule is Cc1ccc(NC(=O)N2CCC(C(N)=O)CC2)cc1C. The van der Waals surface area contributed by atoms with Gasteiger partial charge in [0.15, 0.2) is 0 Å². The molecule has 0 saturated carbocycles. The molecule has 0 aliphatic carbocycles. The first kappa shape index (κ1) is 14.4. The third-order valence-corrected chi connectivity index (χ3v) is 3.94. The minimum atomic E-state index is -0.265. The van der Waals surface area contributed by atoms with E-state index in [9.17, 15) is 9.59 Å². The molecule has 1 saturated heterocycles. The second kappa shape index (κ2) is 5.94. The number of nitrogens with two attached hydrogens (primary N) is 1. The number of primary amides is 1. The molecule has 0 aromatic heterocycles. The van der Waals surface area contributed by atoms with Gasteiger partial charge in [0.05, 0.1) is 0 Å². The van der Waals surface area contributed by atoms with Gasteiger partial charge in [-0.05, 0) is 49.9 Å². The lowest BCUT2D eigenvalue weighted by atomic mass is 9.96. The Morgan fingerprint density at radius 3 is 2.40 bits per heavy atom. The van der Waals surface area contributed by atoms with Gasteiger partial charge in [-0.1, -0.05) is 6.07 Å². The Hall–Kier alpha value is -2.04. The van der Waals surface area contributed by atoms with Crippen LogP contribution in [0.5, 0.6) is 0 Å². The Bertz CT molecular complexity index is 520. The molecule has 108 valence electrons. The summed E-state index contributed by atoms with van der Waals surface area (Å²) in [7, 11) is 0. The van der Waals surface area contributed by atoms with E-state index in [0.29, 0.717) is 25.9 Å². The summed E-state index contributed by atoms with van der Waals surface area (Å²) in [6.07, 6.45) is 1.30. The highest BCUT2D eigenvalue weighted by molar-refractivity contribution is 5.89. The molecule has 5 nitrogen and oxygen atoms in total. The Morgan fingerprint density at radius 2 is 1.85 bits per heavy atom. The van der Waals surface area contributed by atoms with Gasteiger partial charge in [-0.3, -0.25) is 4.79 Å². The van der Waals surface area contributed by atoms with E-state index in [0.717, 1.165) is 11.3 Å². The van der Waals surface area contributed by atoms with Gasteiger partial charge in [0.2, 0.25) is 5.91 Å². The predicted molar refractivity (Wildman–Crippen MR) is 78.4 cm³/mol. The lowest BCUT2D eigenvalue weighted by Gasteiger charge is -2.30. The van der Waals surface area contributed by atoms with E-state index >= 15 is 0 Å². The summed E-state index contributed by atoms with van der Waals surface area (Å²) >= 11 is 0. The largest absolute Gasteiger partial charge is 0.369 e. The Kier molecular flexibility index (Phi) is 4.27. The fourth-order valence-electron chi connectivity index (χ4n) is 2.39. The second-order valence-electron chi connectivity index (χ2n) is 5.39. The number of piperidine rings is 1. The fraction of sp³-hybridized carbons (Fsp3) is 0.467. The van der Waals surface area contributed by atoms with E-state index in [4.69, 9.17) is 5.73 Å². The summed E-state index contributed by atoms with van der Waals surface area (Å²) in [5.41, 5.74) is 8.43. The van der Waals surface area contributed by atoms with Crippen molar-refractivity contribution in [1.29, 1.82) is 0 Å². The van der Waals surface area contributed by atoms with Crippen LogP contribution in [0.25, 0.3) is 0 Å². The maximum atomic E-state index is 12.1. The molecule has 5 heteroatoms. The van der Waals surface area contributed by atoms with E-state index in [1.807, 2.05) is 32.0 Å². The number of rotatable bonds is 2. The average molecular weight is 275 g/mol. The number of hydrogen-bond acceptors (Lipinski definition) is 2. The molecule has 20 heavy (non-hydrogen) atoms. The van der Waals surface area contributed by atoms with Crippen molar-refractivity contribution in [3.8, 4) is 0 Å². The van der Waals surface area contributed by atoms with Crippen molar-refractivity contribution in [1.82, 2.24) is 4.90 Å². The molecule has 1 heterocycles. The molecule has 1 aromatic rings. The topological polar surface area (TPSA) is 75.4 Å². The standard InChI is InChI=1S/C15H21N3O2/c1-10-3-4-13(9-11(10)2)17-15(20)18-7-5-12(6-8-18)14(16)19/h3-4,9,12H,5-8H2,1-2H3,(H2,16,19)(H,17,20). The molecule has 0 radical (unpaired) electrons. The summed E-state index contributed by atoms with van der Waals surface area (Å²) < 4.78 is 0. The number of aryl methyl sites for hydroxylation is 2. The quantitative estimate of drug-likeness (QED) is 0.866. The molecule has 0 atom stereocenters. The molecule has 3 amide bonds. The summed E-state index contributed by atoms with van der Waals surface area (Å²) in [4.78, 5) is 25.0. The number of nitrogens with zero attached hydrogens (tertiary/aromatic N) is 1. The average Bonchev–Trinajstić information content (AvgIpc) is 2.43. The zero-order chi connectivity index (χ0) is 14.7. The van der Waals surface area contributed by atoms with Crippen LogP contribution in [0.2, 0.25) is 0 Å². The summed E-state index contributed by atoms with van der Waals surface area (Å²) in [5.74, 6) is -0.361. The highest BCUT2D eigenvalue weighted by Gasteiger charge is 2.25. The third kappa shape index (κ3) is 3.29. The van der Waals surface area contributed by atoms with Crippen molar-refractivity contribution < 1.29 is 9.59 Å². The second-order valence-corrected chi connectivity index (χ2v) is 5.39. The highest BCUT2D eigenvalue weighted by atomic mass is 16.2. The number of nitrogens with one attached hydrogen (secondary N) is 1. The molecular formula is C15H21N3O2. The van der Waals surface area contributed by atoms with Gasteiger partial charge in [0.25, 0.3) is 0 Å². The number of hydrogen-bond donors (Lipinski definition) is 2. The van der Waals surface area contributed by atoms with Crippen LogP contribution in [0, 0.1) is 19.8 Å². The summed E-state index contributed by atoms with van der Waals surface area (Å²) in [6, 6.07) is 5.74. The highest BCUT2D eigenvalue weighted by Crippen LogP contribution is 2.19. The monoisotopic (exact) mass is 275 g/mol. The lowest BCUT2D eigenvalue weighted by molar-refractivity contribution is -0.122. The minimum absolute atomic E-state index is 0.0966. The zero-order valence-corrected chi connectivity index (χ0v) is 12.0. The zero-order valence-electron chi connectivity index (χ0n) is 12.0. The first-order valence-electron chi connectivity index (χ1n) is 6.90. The van der Waals surface area contributed by atoms with Crippen LogP contribution >= 0.6 is 0 Å². The summed E-state index contributed by atoms with van der Waals surface area (Å²) in [5, 5.41) is 2.89. The maximum Gasteiger partial charge on any atom is 0.321 e. The van der Waals surface area contributed by atoms with Crippen molar-refractivity contribution in [2.24, 2.45) is 11.7 Å². The predicted octanol–water partition coefficient (Wildman–Crippen LogP) is 2.03. The van der Waals surface area contributed by atoms with E-state index in [2.05, 4.69) is 5.32 Å². The number of carbonyl (C=O) groups is 2. The first-order chi connectivity index (χ1) is 9.47. The number of urea groups is 1. The number of carbonyl (C=O) groups excluding carboxylic acids is 2. The van der Waals surface area contributed by atoms with E-state index < -0.39 is 0 Å². The molecule has 1 aliphatic heterocycles. The number of anilines is 1. The Morgan fingerprint density at radius 1 is 1.20 bits per heavy atom. The molecule has 0 bridgehead atoms. The van der Waals surface area contributed by atoms with E-state index in [-0.39, 0.29) is 17.9 Å². The molecule has 0 spiro atoms. The molecule has 1 fully saturated rings. The number of benzene rings is 1. The van der Waals surface area contributed by atoms with Crippen molar-refractivity contribution in [3.63, 3.8) is 0 Å². The van der Waals surface area contributed by atoms with Crippen LogP contribution in [0.1, 0.15) is 24.0 Å². The molecule has 3 N–H and O–H groups in total. The van der Waals surface area contributed by atoms with Gasteiger partial charge < -0.3 is 16.0 Å². The van der Waals surface area contributed by atoms with Crippen molar-refractivity contribution >= 4 is 17.6 Å². The minimum Gasteiger partial charge on any atom is -0.369 e. The number of likely N-dealkylation sites (tertiary alicyclic amines) is 1. The molecule has 1 aliphatic rings.